The standard InChI is InChI=1S/C20H21Cl2NO5S/c1-3-8-18(24)23(29(26,27)15-10-6-5-7-11-15)14-12-16(21)20(17(22)13-14)28-19(25)9-4-2/h5-7,10-13H,3-4,8-9H2,1-2H3. The average molecular weight is 458 g/mol. The molecule has 6 nitrogen and oxygen atoms in total. The van der Waals surface area contributed by atoms with Crippen LogP contribution in [0.5, 0.6) is 5.75 Å². The minimum absolute atomic E-state index is 0.00847. The average Bonchev–Trinajstić information content (AvgIpc) is 2.66. The van der Waals surface area contributed by atoms with Crippen molar-refractivity contribution in [3.05, 3.63) is 52.5 Å². The van der Waals surface area contributed by atoms with E-state index in [-0.39, 0.29) is 39.2 Å². The topological polar surface area (TPSA) is 80.8 Å². The molecule has 0 N–H and O–H groups in total. The van der Waals surface area contributed by atoms with Gasteiger partial charge < -0.3 is 4.74 Å². The highest BCUT2D eigenvalue weighted by atomic mass is 35.5. The van der Waals surface area contributed by atoms with Gasteiger partial charge in [-0.1, -0.05) is 55.2 Å². The van der Waals surface area contributed by atoms with Gasteiger partial charge in [0.05, 0.1) is 20.6 Å². The fourth-order valence-electron chi connectivity index (χ4n) is 2.56. The van der Waals surface area contributed by atoms with E-state index in [1.807, 2.05) is 6.92 Å². The maximum Gasteiger partial charge on any atom is 0.311 e. The lowest BCUT2D eigenvalue weighted by Gasteiger charge is -2.23. The Morgan fingerprint density at radius 1 is 0.966 bits per heavy atom. The number of hydrogen-bond donors (Lipinski definition) is 0. The third kappa shape index (κ3) is 5.50. The fraction of sp³-hybridized carbons (Fsp3) is 0.300. The van der Waals surface area contributed by atoms with Crippen LogP contribution in [-0.4, -0.2) is 20.3 Å². The van der Waals surface area contributed by atoms with Crippen LogP contribution in [0.25, 0.3) is 0 Å². The first-order valence-corrected chi connectivity index (χ1v) is 11.2. The van der Waals surface area contributed by atoms with Gasteiger partial charge in [-0.25, -0.2) is 12.7 Å². The number of halogens is 2. The Morgan fingerprint density at radius 3 is 2.03 bits per heavy atom. The molecule has 0 fully saturated rings. The number of carbonyl (C=O) groups excluding carboxylic acids is 2. The molecular formula is C20H21Cl2NO5S. The van der Waals surface area contributed by atoms with Crippen molar-refractivity contribution in [2.24, 2.45) is 0 Å². The van der Waals surface area contributed by atoms with Crippen LogP contribution in [-0.2, 0) is 19.6 Å². The highest BCUT2D eigenvalue weighted by Gasteiger charge is 2.31. The Bertz CT molecular complexity index is 970. The maximum absolute atomic E-state index is 13.2. The van der Waals surface area contributed by atoms with E-state index in [4.69, 9.17) is 27.9 Å². The van der Waals surface area contributed by atoms with Crippen molar-refractivity contribution >= 4 is 50.8 Å². The summed E-state index contributed by atoms with van der Waals surface area (Å²) in [6.07, 6.45) is 1.22. The summed E-state index contributed by atoms with van der Waals surface area (Å²) in [5.74, 6) is -1.21. The normalized spacial score (nSPS) is 11.2. The number of sulfonamides is 1. The van der Waals surface area contributed by atoms with E-state index in [0.717, 1.165) is 0 Å². The molecular weight excluding hydrogens is 437 g/mol. The lowest BCUT2D eigenvalue weighted by molar-refractivity contribution is -0.134. The zero-order chi connectivity index (χ0) is 21.6. The molecule has 0 bridgehead atoms. The number of nitrogens with zero attached hydrogens (tertiary/aromatic N) is 1. The largest absolute Gasteiger partial charge is 0.423 e. The van der Waals surface area contributed by atoms with Crippen LogP contribution < -0.4 is 9.04 Å². The van der Waals surface area contributed by atoms with Gasteiger partial charge in [-0.2, -0.15) is 0 Å². The van der Waals surface area contributed by atoms with Crippen molar-refractivity contribution in [3.8, 4) is 5.75 Å². The van der Waals surface area contributed by atoms with Gasteiger partial charge in [0.2, 0.25) is 5.91 Å². The quantitative estimate of drug-likeness (QED) is 0.400. The predicted octanol–water partition coefficient (Wildman–Crippen LogP) is 5.22. The number of anilines is 1. The van der Waals surface area contributed by atoms with Crippen LogP contribution >= 0.6 is 23.2 Å². The Morgan fingerprint density at radius 2 is 1.52 bits per heavy atom. The van der Waals surface area contributed by atoms with Crippen molar-refractivity contribution in [1.29, 1.82) is 0 Å². The second-order valence-electron chi connectivity index (χ2n) is 6.19. The van der Waals surface area contributed by atoms with E-state index < -0.39 is 21.9 Å². The molecule has 0 saturated carbocycles. The maximum atomic E-state index is 13.2. The summed E-state index contributed by atoms with van der Waals surface area (Å²) in [7, 11) is -4.19. The number of hydrogen-bond acceptors (Lipinski definition) is 5. The SMILES string of the molecule is CCCC(=O)Oc1c(Cl)cc(N(C(=O)CCC)S(=O)(=O)c2ccccc2)cc1Cl. The zero-order valence-electron chi connectivity index (χ0n) is 16.0. The Labute approximate surface area is 180 Å². The molecule has 156 valence electrons. The smallest absolute Gasteiger partial charge is 0.311 e. The van der Waals surface area contributed by atoms with Gasteiger partial charge in [-0.3, -0.25) is 9.59 Å². The number of benzene rings is 2. The summed E-state index contributed by atoms with van der Waals surface area (Å²) in [4.78, 5) is 24.4. The highest BCUT2D eigenvalue weighted by molar-refractivity contribution is 7.93. The lowest BCUT2D eigenvalue weighted by Crippen LogP contribution is -2.36. The fourth-order valence-corrected chi connectivity index (χ4v) is 4.57. The molecule has 0 atom stereocenters. The molecule has 2 aromatic rings. The Kier molecular flexibility index (Phi) is 8.07. The first kappa shape index (κ1) is 23.2. The number of ether oxygens (including phenoxy) is 1. The van der Waals surface area contributed by atoms with Crippen molar-refractivity contribution in [2.45, 2.75) is 44.4 Å². The molecule has 0 aromatic heterocycles. The van der Waals surface area contributed by atoms with Gasteiger partial charge >= 0.3 is 5.97 Å². The molecule has 0 unspecified atom stereocenters. The monoisotopic (exact) mass is 457 g/mol. The first-order chi connectivity index (χ1) is 13.7. The van der Waals surface area contributed by atoms with E-state index in [9.17, 15) is 18.0 Å². The van der Waals surface area contributed by atoms with Crippen molar-refractivity contribution in [1.82, 2.24) is 0 Å². The molecule has 0 aliphatic heterocycles. The van der Waals surface area contributed by atoms with Crippen LogP contribution in [0.2, 0.25) is 10.0 Å². The number of amides is 1. The summed E-state index contributed by atoms with van der Waals surface area (Å²) in [5, 5.41) is -0.149. The summed E-state index contributed by atoms with van der Waals surface area (Å²) < 4.78 is 32.2. The van der Waals surface area contributed by atoms with E-state index in [0.29, 0.717) is 17.1 Å². The Balaban J connectivity index is 2.55. The van der Waals surface area contributed by atoms with Gasteiger partial charge in [0.1, 0.15) is 0 Å². The van der Waals surface area contributed by atoms with Crippen molar-refractivity contribution in [2.75, 3.05) is 4.31 Å². The van der Waals surface area contributed by atoms with Crippen LogP contribution in [0.3, 0.4) is 0 Å². The summed E-state index contributed by atoms with van der Waals surface area (Å²) in [6, 6.07) is 10.1. The first-order valence-electron chi connectivity index (χ1n) is 9.05. The van der Waals surface area contributed by atoms with Gasteiger partial charge in [-0.05, 0) is 37.1 Å². The summed E-state index contributed by atoms with van der Waals surface area (Å²) in [6.45, 7) is 3.58. The molecule has 29 heavy (non-hydrogen) atoms. The van der Waals surface area contributed by atoms with E-state index >= 15 is 0 Å². The molecule has 2 aromatic carbocycles. The van der Waals surface area contributed by atoms with Gasteiger partial charge in [-0.15, -0.1) is 0 Å². The van der Waals surface area contributed by atoms with Crippen molar-refractivity contribution < 1.29 is 22.7 Å². The summed E-state index contributed by atoms with van der Waals surface area (Å²) >= 11 is 12.4. The van der Waals surface area contributed by atoms with Gasteiger partial charge in [0, 0.05) is 12.8 Å². The number of rotatable bonds is 8. The lowest BCUT2D eigenvalue weighted by atomic mass is 10.2. The minimum Gasteiger partial charge on any atom is -0.423 e. The van der Waals surface area contributed by atoms with Crippen molar-refractivity contribution in [3.63, 3.8) is 0 Å². The van der Waals surface area contributed by atoms with Crippen LogP contribution in [0.15, 0.2) is 47.4 Å². The molecule has 0 aliphatic carbocycles. The van der Waals surface area contributed by atoms with E-state index in [1.54, 1.807) is 25.1 Å². The van der Waals surface area contributed by atoms with Crippen LogP contribution in [0.4, 0.5) is 5.69 Å². The second-order valence-corrected chi connectivity index (χ2v) is 8.79. The highest BCUT2D eigenvalue weighted by Crippen LogP contribution is 2.39. The third-order valence-electron chi connectivity index (χ3n) is 3.86. The molecule has 0 radical (unpaired) electrons. The zero-order valence-corrected chi connectivity index (χ0v) is 18.4. The van der Waals surface area contributed by atoms with Gasteiger partial charge in [0.25, 0.3) is 10.0 Å². The van der Waals surface area contributed by atoms with Crippen LogP contribution in [0.1, 0.15) is 39.5 Å². The third-order valence-corrected chi connectivity index (χ3v) is 6.18. The van der Waals surface area contributed by atoms with Gasteiger partial charge in [0.15, 0.2) is 5.75 Å². The molecule has 9 heteroatoms. The molecule has 0 spiro atoms. The van der Waals surface area contributed by atoms with Crippen LogP contribution in [0, 0.1) is 0 Å². The van der Waals surface area contributed by atoms with E-state index in [1.165, 1.54) is 24.3 Å². The molecule has 2 rings (SSSR count). The molecule has 1 amide bonds. The number of esters is 1. The second kappa shape index (κ2) is 10.1. The van der Waals surface area contributed by atoms with E-state index in [2.05, 4.69) is 0 Å². The minimum atomic E-state index is -4.19. The molecule has 0 saturated heterocycles. The Hall–Kier alpha value is -2.09. The molecule has 0 heterocycles. The predicted molar refractivity (Wildman–Crippen MR) is 113 cm³/mol. The number of carbonyl (C=O) groups is 2. The molecule has 0 aliphatic rings. The summed E-state index contributed by atoms with van der Waals surface area (Å²) in [5.41, 5.74) is -0.0300.